The van der Waals surface area contributed by atoms with Crippen molar-refractivity contribution in [3.8, 4) is 5.88 Å². The summed E-state index contributed by atoms with van der Waals surface area (Å²) < 4.78 is 42.9. The molecule has 0 N–H and O–H groups in total. The van der Waals surface area contributed by atoms with Gasteiger partial charge in [0, 0.05) is 26.2 Å². The van der Waals surface area contributed by atoms with Crippen molar-refractivity contribution in [2.75, 3.05) is 50.0 Å². The van der Waals surface area contributed by atoms with Gasteiger partial charge in [-0.3, -0.25) is 14.5 Å². The second kappa shape index (κ2) is 12.6. The number of nitrogens with zero attached hydrogens (tertiary/aromatic N) is 5. The number of likely N-dealkylation sites (tertiary alicyclic amines) is 1. The molecule has 0 spiro atoms. The minimum atomic E-state index is -4.04. The number of carbonyl (C=O) groups is 3. The zero-order valence-electron chi connectivity index (χ0n) is 23.5. The summed E-state index contributed by atoms with van der Waals surface area (Å²) in [6.07, 6.45) is 6.02. The predicted molar refractivity (Wildman–Crippen MR) is 150 cm³/mol. The molecule has 226 valence electrons. The summed E-state index contributed by atoms with van der Waals surface area (Å²) in [4.78, 5) is 48.9. The third-order valence-corrected chi connectivity index (χ3v) is 9.34. The number of hydrogen-bond acceptors (Lipinski definition) is 10. The summed E-state index contributed by atoms with van der Waals surface area (Å²) in [5.74, 6) is -1.36. The average molecular weight is 602 g/mol. The Morgan fingerprint density at radius 2 is 1.76 bits per heavy atom. The Morgan fingerprint density at radius 1 is 1.02 bits per heavy atom. The fourth-order valence-corrected chi connectivity index (χ4v) is 5.94. The van der Waals surface area contributed by atoms with Gasteiger partial charge in [0.15, 0.2) is 11.6 Å². The van der Waals surface area contributed by atoms with E-state index >= 15 is 0 Å². The molecule has 2 aliphatic heterocycles. The lowest BCUT2D eigenvalue weighted by atomic mass is 9.98. The summed E-state index contributed by atoms with van der Waals surface area (Å²) in [6, 6.07) is 8.94. The van der Waals surface area contributed by atoms with Gasteiger partial charge in [0.05, 0.1) is 25.5 Å². The molecule has 0 unspecified atom stereocenters. The van der Waals surface area contributed by atoms with E-state index < -0.39 is 34.2 Å². The Kier molecular flexibility index (Phi) is 8.92. The molecule has 0 radical (unpaired) electrons. The van der Waals surface area contributed by atoms with E-state index in [1.807, 2.05) is 13.0 Å². The SMILES string of the molecule is CC1(OC(=O)N2CCC(COc3cnc(N4CCN(S(=O)(=O)CC(=O)OCc5ccccc5)CC4=O)cn3)CC2)CC1. The quantitative estimate of drug-likeness (QED) is 0.370. The molecule has 42 heavy (non-hydrogen) atoms. The van der Waals surface area contributed by atoms with Crippen LogP contribution in [0.1, 0.15) is 38.2 Å². The Morgan fingerprint density at radius 3 is 2.40 bits per heavy atom. The highest BCUT2D eigenvalue weighted by Crippen LogP contribution is 2.39. The Labute approximate surface area is 244 Å². The zero-order valence-corrected chi connectivity index (χ0v) is 24.3. The van der Waals surface area contributed by atoms with Gasteiger partial charge in [0.2, 0.25) is 21.8 Å². The molecule has 13 nitrogen and oxygen atoms in total. The Bertz CT molecular complexity index is 1380. The third-order valence-electron chi connectivity index (χ3n) is 7.64. The van der Waals surface area contributed by atoms with Crippen molar-refractivity contribution in [2.24, 2.45) is 5.92 Å². The number of sulfonamides is 1. The number of rotatable bonds is 10. The maximum absolute atomic E-state index is 12.8. The molecule has 2 amide bonds. The van der Waals surface area contributed by atoms with Crippen LogP contribution in [0.4, 0.5) is 10.6 Å². The molecule has 1 aliphatic carbocycles. The van der Waals surface area contributed by atoms with E-state index in [-0.39, 0.29) is 43.1 Å². The van der Waals surface area contributed by atoms with Crippen LogP contribution in [-0.2, 0) is 35.7 Å². The minimum absolute atomic E-state index is 0.00541. The number of ether oxygens (including phenoxy) is 3. The standard InChI is InChI=1S/C28H35N5O8S/c1-28(9-10-28)41-27(36)31-11-7-22(8-12-31)18-39-24-16-29-23(15-30-24)33-14-13-32(17-25(33)34)42(37,38)20-26(35)40-19-21-5-3-2-4-6-21/h2-6,15-16,22H,7-14,17-20H2,1H3. The number of aromatic nitrogens is 2. The molecule has 2 aromatic rings. The second-order valence-electron chi connectivity index (χ2n) is 11.1. The topological polar surface area (TPSA) is 149 Å². The lowest BCUT2D eigenvalue weighted by Crippen LogP contribution is -2.53. The fraction of sp³-hybridized carbons (Fsp3) is 0.536. The summed E-state index contributed by atoms with van der Waals surface area (Å²) in [5, 5.41) is 0. The maximum atomic E-state index is 12.8. The van der Waals surface area contributed by atoms with Gasteiger partial charge in [0.1, 0.15) is 12.2 Å². The molecule has 3 aliphatic rings. The van der Waals surface area contributed by atoms with Gasteiger partial charge in [-0.25, -0.2) is 23.2 Å². The molecule has 14 heteroatoms. The van der Waals surface area contributed by atoms with Crippen molar-refractivity contribution in [1.82, 2.24) is 19.2 Å². The van der Waals surface area contributed by atoms with E-state index in [4.69, 9.17) is 14.2 Å². The van der Waals surface area contributed by atoms with E-state index in [1.165, 1.54) is 17.3 Å². The van der Waals surface area contributed by atoms with Crippen molar-refractivity contribution < 1.29 is 37.0 Å². The molecular formula is C28H35N5O8S. The number of carbonyl (C=O) groups excluding carboxylic acids is 3. The van der Waals surface area contributed by atoms with E-state index in [0.717, 1.165) is 35.6 Å². The molecule has 1 aromatic carbocycles. The molecule has 3 fully saturated rings. The van der Waals surface area contributed by atoms with Gasteiger partial charge in [-0.1, -0.05) is 30.3 Å². The lowest BCUT2D eigenvalue weighted by molar-refractivity contribution is -0.141. The van der Waals surface area contributed by atoms with Crippen LogP contribution in [0.5, 0.6) is 5.88 Å². The Balaban J connectivity index is 1.04. The molecular weight excluding hydrogens is 566 g/mol. The highest BCUT2D eigenvalue weighted by molar-refractivity contribution is 7.89. The fourth-order valence-electron chi connectivity index (χ4n) is 4.71. The van der Waals surface area contributed by atoms with Crippen LogP contribution in [0.3, 0.4) is 0 Å². The van der Waals surface area contributed by atoms with Gasteiger partial charge < -0.3 is 19.1 Å². The lowest BCUT2D eigenvalue weighted by Gasteiger charge is -2.32. The van der Waals surface area contributed by atoms with Crippen LogP contribution in [0.2, 0.25) is 0 Å². The number of amides is 2. The molecule has 1 saturated carbocycles. The van der Waals surface area contributed by atoms with Crippen molar-refractivity contribution >= 4 is 33.8 Å². The number of benzene rings is 1. The third kappa shape index (κ3) is 7.73. The summed E-state index contributed by atoms with van der Waals surface area (Å²) in [7, 11) is -4.04. The summed E-state index contributed by atoms with van der Waals surface area (Å²) in [5.41, 5.74) is 0.461. The van der Waals surface area contributed by atoms with Crippen LogP contribution >= 0.6 is 0 Å². The predicted octanol–water partition coefficient (Wildman–Crippen LogP) is 1.98. The van der Waals surface area contributed by atoms with Crippen LogP contribution < -0.4 is 9.64 Å². The first-order chi connectivity index (χ1) is 20.1. The van der Waals surface area contributed by atoms with Crippen LogP contribution in [0.25, 0.3) is 0 Å². The first kappa shape index (κ1) is 29.7. The smallest absolute Gasteiger partial charge is 0.410 e. The maximum Gasteiger partial charge on any atom is 0.410 e. The van der Waals surface area contributed by atoms with E-state index in [9.17, 15) is 22.8 Å². The van der Waals surface area contributed by atoms with E-state index in [2.05, 4.69) is 9.97 Å². The summed E-state index contributed by atoms with van der Waals surface area (Å²) in [6.45, 7) is 3.23. The van der Waals surface area contributed by atoms with Crippen molar-refractivity contribution in [3.05, 3.63) is 48.3 Å². The first-order valence-corrected chi connectivity index (χ1v) is 15.6. The monoisotopic (exact) mass is 601 g/mol. The number of hydrogen-bond donors (Lipinski definition) is 0. The molecule has 3 heterocycles. The summed E-state index contributed by atoms with van der Waals surface area (Å²) >= 11 is 0. The van der Waals surface area contributed by atoms with Gasteiger partial charge >= 0.3 is 12.1 Å². The van der Waals surface area contributed by atoms with Crippen molar-refractivity contribution in [3.63, 3.8) is 0 Å². The van der Waals surface area contributed by atoms with Gasteiger partial charge in [-0.05, 0) is 44.1 Å². The molecule has 1 aromatic heterocycles. The largest absolute Gasteiger partial charge is 0.476 e. The van der Waals surface area contributed by atoms with E-state index in [1.54, 1.807) is 29.2 Å². The first-order valence-electron chi connectivity index (χ1n) is 14.0. The molecule has 0 atom stereocenters. The zero-order chi connectivity index (χ0) is 29.7. The van der Waals surface area contributed by atoms with Gasteiger partial charge in [-0.15, -0.1) is 0 Å². The van der Waals surface area contributed by atoms with Crippen molar-refractivity contribution in [2.45, 2.75) is 44.8 Å². The van der Waals surface area contributed by atoms with Crippen LogP contribution in [-0.4, -0.2) is 96.2 Å². The number of piperidine rings is 1. The van der Waals surface area contributed by atoms with Crippen LogP contribution in [0.15, 0.2) is 42.7 Å². The average Bonchev–Trinajstić information content (AvgIpc) is 3.72. The highest BCUT2D eigenvalue weighted by Gasteiger charge is 2.43. The Hall–Kier alpha value is -3.78. The highest BCUT2D eigenvalue weighted by atomic mass is 32.2. The molecule has 5 rings (SSSR count). The second-order valence-corrected chi connectivity index (χ2v) is 13.0. The number of anilines is 1. The molecule has 2 saturated heterocycles. The number of piperazine rings is 1. The van der Waals surface area contributed by atoms with E-state index in [0.29, 0.717) is 25.6 Å². The van der Waals surface area contributed by atoms with Gasteiger partial charge in [-0.2, -0.15) is 4.31 Å². The molecule has 0 bridgehead atoms. The number of esters is 1. The minimum Gasteiger partial charge on any atom is -0.476 e. The van der Waals surface area contributed by atoms with Gasteiger partial charge in [0.25, 0.3) is 0 Å². The normalized spacial score (nSPS) is 19.3. The van der Waals surface area contributed by atoms with Crippen LogP contribution in [0, 0.1) is 5.92 Å². The van der Waals surface area contributed by atoms with Crippen molar-refractivity contribution in [1.29, 1.82) is 0 Å².